The maximum Gasteiger partial charge on any atom is 0.243 e. The van der Waals surface area contributed by atoms with Crippen molar-refractivity contribution in [2.75, 3.05) is 13.2 Å². The van der Waals surface area contributed by atoms with E-state index < -0.39 is 0 Å². The Morgan fingerprint density at radius 3 is 2.70 bits per heavy atom. The quantitative estimate of drug-likeness (QED) is 0.351. The summed E-state index contributed by atoms with van der Waals surface area (Å²) in [5.74, 6) is 1.87. The molecule has 1 heterocycles. The van der Waals surface area contributed by atoms with Crippen LogP contribution in [0.15, 0.2) is 61.2 Å². The van der Waals surface area contributed by atoms with E-state index in [1.165, 1.54) is 17.2 Å². The van der Waals surface area contributed by atoms with Crippen LogP contribution in [-0.4, -0.2) is 28.6 Å². The summed E-state index contributed by atoms with van der Waals surface area (Å²) in [6.45, 7) is 7.87. The van der Waals surface area contributed by atoms with Crippen LogP contribution >= 0.6 is 0 Å². The van der Waals surface area contributed by atoms with E-state index >= 15 is 0 Å². The number of amides is 1. The maximum atomic E-state index is 11.3. The fourth-order valence-electron chi connectivity index (χ4n) is 3.48. The van der Waals surface area contributed by atoms with Crippen molar-refractivity contribution in [3.05, 3.63) is 72.6 Å². The van der Waals surface area contributed by atoms with Crippen molar-refractivity contribution >= 4 is 16.9 Å². The molecule has 5 nitrogen and oxygen atoms in total. The number of nitrogens with one attached hydrogen (secondary N) is 1. The van der Waals surface area contributed by atoms with Gasteiger partial charge in [0.25, 0.3) is 0 Å². The molecule has 0 saturated carbocycles. The number of imidazole rings is 1. The standard InChI is InChI=1S/C25H31N3O2/c1-3-20-13-15-21(16-14-20)30-19-8-7-18-28-23-11-6-5-10-22(23)27-24(28)12-9-17-26-25(29)4-2/h4-6,10-11,13-16H,2-3,7-9,12,17-19H2,1H3,(H,26,29). The number of aryl methyl sites for hydroxylation is 3. The van der Waals surface area contributed by atoms with Gasteiger partial charge in [-0.15, -0.1) is 0 Å². The predicted octanol–water partition coefficient (Wildman–Crippen LogP) is 4.69. The zero-order valence-electron chi connectivity index (χ0n) is 17.8. The maximum absolute atomic E-state index is 11.3. The molecular weight excluding hydrogens is 374 g/mol. The first-order valence-corrected chi connectivity index (χ1v) is 10.8. The Bertz CT molecular complexity index is 960. The van der Waals surface area contributed by atoms with Crippen molar-refractivity contribution in [2.45, 2.75) is 45.6 Å². The van der Waals surface area contributed by atoms with Crippen molar-refractivity contribution in [1.82, 2.24) is 14.9 Å². The van der Waals surface area contributed by atoms with Crippen LogP contribution in [0.3, 0.4) is 0 Å². The Labute approximate surface area is 178 Å². The molecule has 0 aliphatic heterocycles. The Balaban J connectivity index is 1.52. The lowest BCUT2D eigenvalue weighted by atomic mass is 10.2. The summed E-state index contributed by atoms with van der Waals surface area (Å²) < 4.78 is 8.19. The van der Waals surface area contributed by atoms with Gasteiger partial charge in [-0.05, 0) is 61.6 Å². The predicted molar refractivity (Wildman–Crippen MR) is 122 cm³/mol. The van der Waals surface area contributed by atoms with E-state index in [4.69, 9.17) is 9.72 Å². The largest absolute Gasteiger partial charge is 0.494 e. The fraction of sp³-hybridized carbons (Fsp3) is 0.360. The van der Waals surface area contributed by atoms with Crippen LogP contribution in [0, 0.1) is 0 Å². The number of hydrogen-bond donors (Lipinski definition) is 1. The van der Waals surface area contributed by atoms with Crippen molar-refractivity contribution in [2.24, 2.45) is 0 Å². The molecule has 0 radical (unpaired) electrons. The minimum atomic E-state index is -0.132. The molecule has 0 bridgehead atoms. The van der Waals surface area contributed by atoms with Crippen molar-refractivity contribution < 1.29 is 9.53 Å². The number of hydrogen-bond acceptors (Lipinski definition) is 3. The molecule has 1 N–H and O–H groups in total. The first kappa shape index (κ1) is 21.6. The van der Waals surface area contributed by atoms with Crippen LogP contribution in [0.25, 0.3) is 11.0 Å². The van der Waals surface area contributed by atoms with Gasteiger partial charge in [0.2, 0.25) is 5.91 Å². The van der Waals surface area contributed by atoms with Crippen molar-refractivity contribution in [3.63, 3.8) is 0 Å². The average molecular weight is 406 g/mol. The van der Waals surface area contributed by atoms with Gasteiger partial charge in [0.15, 0.2) is 0 Å². The topological polar surface area (TPSA) is 56.2 Å². The van der Waals surface area contributed by atoms with Gasteiger partial charge < -0.3 is 14.6 Å². The molecule has 2 aromatic carbocycles. The van der Waals surface area contributed by atoms with Crippen LogP contribution in [0.1, 0.15) is 37.6 Å². The molecule has 0 aliphatic rings. The van der Waals surface area contributed by atoms with Gasteiger partial charge in [0.05, 0.1) is 17.6 Å². The minimum Gasteiger partial charge on any atom is -0.494 e. The van der Waals surface area contributed by atoms with Crippen LogP contribution in [-0.2, 0) is 24.2 Å². The van der Waals surface area contributed by atoms with Gasteiger partial charge in [0.1, 0.15) is 11.6 Å². The summed E-state index contributed by atoms with van der Waals surface area (Å²) >= 11 is 0. The second-order valence-corrected chi connectivity index (χ2v) is 7.32. The number of carbonyl (C=O) groups is 1. The van der Waals surface area contributed by atoms with Gasteiger partial charge in [-0.2, -0.15) is 0 Å². The number of carbonyl (C=O) groups excluding carboxylic acids is 1. The third-order valence-corrected chi connectivity index (χ3v) is 5.17. The Morgan fingerprint density at radius 2 is 1.93 bits per heavy atom. The van der Waals surface area contributed by atoms with E-state index in [0.717, 1.165) is 55.7 Å². The third-order valence-electron chi connectivity index (χ3n) is 5.17. The molecular formula is C25H31N3O2. The van der Waals surface area contributed by atoms with E-state index in [2.05, 4.69) is 53.7 Å². The highest BCUT2D eigenvalue weighted by Gasteiger charge is 2.10. The fourth-order valence-corrected chi connectivity index (χ4v) is 3.48. The number of ether oxygens (including phenoxy) is 1. The molecule has 5 heteroatoms. The molecule has 0 fully saturated rings. The van der Waals surface area contributed by atoms with Crippen molar-refractivity contribution in [3.8, 4) is 5.75 Å². The van der Waals surface area contributed by atoms with E-state index in [0.29, 0.717) is 13.2 Å². The zero-order chi connectivity index (χ0) is 21.2. The summed E-state index contributed by atoms with van der Waals surface area (Å²) in [7, 11) is 0. The number of benzene rings is 2. The van der Waals surface area contributed by atoms with Gasteiger partial charge in [0, 0.05) is 19.5 Å². The first-order chi connectivity index (χ1) is 14.7. The minimum absolute atomic E-state index is 0.132. The monoisotopic (exact) mass is 405 g/mol. The number of unbranched alkanes of at least 4 members (excludes halogenated alkanes) is 1. The normalized spacial score (nSPS) is 10.8. The number of rotatable bonds is 12. The molecule has 0 atom stereocenters. The Hall–Kier alpha value is -3.08. The SMILES string of the molecule is C=CC(=O)NCCCc1nc2ccccc2n1CCCCOc1ccc(CC)cc1. The van der Waals surface area contributed by atoms with Gasteiger partial charge in [-0.25, -0.2) is 4.98 Å². The summed E-state index contributed by atoms with van der Waals surface area (Å²) in [6.07, 6.45) is 6.02. The summed E-state index contributed by atoms with van der Waals surface area (Å²) in [5.41, 5.74) is 3.51. The molecule has 158 valence electrons. The summed E-state index contributed by atoms with van der Waals surface area (Å²) in [4.78, 5) is 16.1. The van der Waals surface area contributed by atoms with Crippen LogP contribution in [0.4, 0.5) is 0 Å². The Kier molecular flexibility index (Phi) is 8.07. The first-order valence-electron chi connectivity index (χ1n) is 10.8. The van der Waals surface area contributed by atoms with Crippen molar-refractivity contribution in [1.29, 1.82) is 0 Å². The molecule has 1 amide bonds. The van der Waals surface area contributed by atoms with Gasteiger partial charge in [-0.1, -0.05) is 37.8 Å². The van der Waals surface area contributed by atoms with Gasteiger partial charge in [-0.3, -0.25) is 4.79 Å². The van der Waals surface area contributed by atoms with Gasteiger partial charge >= 0.3 is 0 Å². The van der Waals surface area contributed by atoms with E-state index in [-0.39, 0.29) is 5.91 Å². The smallest absolute Gasteiger partial charge is 0.243 e. The lowest BCUT2D eigenvalue weighted by Crippen LogP contribution is -2.22. The molecule has 0 aliphatic carbocycles. The second-order valence-electron chi connectivity index (χ2n) is 7.32. The van der Waals surface area contributed by atoms with Crippen LogP contribution in [0.5, 0.6) is 5.75 Å². The van der Waals surface area contributed by atoms with E-state index in [1.54, 1.807) is 0 Å². The highest BCUT2D eigenvalue weighted by Crippen LogP contribution is 2.18. The zero-order valence-corrected chi connectivity index (χ0v) is 17.8. The molecule has 0 unspecified atom stereocenters. The molecule has 1 aromatic heterocycles. The third kappa shape index (κ3) is 5.96. The average Bonchev–Trinajstić information content (AvgIpc) is 3.14. The molecule has 3 aromatic rings. The number of fused-ring (bicyclic) bond motifs is 1. The number of nitrogens with zero attached hydrogens (tertiary/aromatic N) is 2. The molecule has 30 heavy (non-hydrogen) atoms. The Morgan fingerprint density at radius 1 is 1.13 bits per heavy atom. The van der Waals surface area contributed by atoms with E-state index in [1.807, 2.05) is 18.2 Å². The lowest BCUT2D eigenvalue weighted by molar-refractivity contribution is -0.116. The van der Waals surface area contributed by atoms with E-state index in [9.17, 15) is 4.79 Å². The van der Waals surface area contributed by atoms with Crippen LogP contribution in [0.2, 0.25) is 0 Å². The second kappa shape index (κ2) is 11.2. The highest BCUT2D eigenvalue weighted by molar-refractivity contribution is 5.86. The summed E-state index contributed by atoms with van der Waals surface area (Å²) in [5, 5.41) is 2.83. The number of para-hydroxylation sites is 2. The lowest BCUT2D eigenvalue weighted by Gasteiger charge is -2.10. The van der Waals surface area contributed by atoms with Crippen LogP contribution < -0.4 is 10.1 Å². The summed E-state index contributed by atoms with van der Waals surface area (Å²) in [6, 6.07) is 16.6. The highest BCUT2D eigenvalue weighted by atomic mass is 16.5. The number of aromatic nitrogens is 2. The molecule has 0 spiro atoms. The molecule has 3 rings (SSSR count). The molecule has 0 saturated heterocycles.